The van der Waals surface area contributed by atoms with Crippen LogP contribution < -0.4 is 5.73 Å². The van der Waals surface area contributed by atoms with Gasteiger partial charge in [0.25, 0.3) is 0 Å². The average molecular weight is 294 g/mol. The smallest absolute Gasteiger partial charge is 0.103 e. The van der Waals surface area contributed by atoms with Crippen molar-refractivity contribution in [1.82, 2.24) is 9.88 Å². The molecule has 1 saturated heterocycles. The van der Waals surface area contributed by atoms with E-state index >= 15 is 0 Å². The number of nitrogens with two attached hydrogens (primary N) is 1. The lowest BCUT2D eigenvalue weighted by Crippen LogP contribution is -2.38. The number of benzene rings is 1. The number of hydrogen-bond acceptors (Lipinski definition) is 4. The van der Waals surface area contributed by atoms with E-state index in [2.05, 4.69) is 24.8 Å². The van der Waals surface area contributed by atoms with Crippen molar-refractivity contribution < 1.29 is 0 Å². The monoisotopic (exact) mass is 294 g/mol. The molecule has 1 aromatic heterocycles. The minimum absolute atomic E-state index is 0.330. The van der Waals surface area contributed by atoms with Crippen LogP contribution in [-0.2, 0) is 0 Å². The molecule has 1 aliphatic rings. The molecular formula is C18H22N4. The number of nitriles is 1. The largest absolute Gasteiger partial charge is 0.397 e. The van der Waals surface area contributed by atoms with Gasteiger partial charge in [0.05, 0.1) is 22.5 Å². The highest BCUT2D eigenvalue weighted by Gasteiger charge is 2.26. The minimum atomic E-state index is 0.330. The molecule has 0 unspecified atom stereocenters. The second kappa shape index (κ2) is 5.94. The van der Waals surface area contributed by atoms with Crippen LogP contribution in [0.1, 0.15) is 43.9 Å². The van der Waals surface area contributed by atoms with Gasteiger partial charge in [-0.3, -0.25) is 4.98 Å². The number of nitrogens with zero attached hydrogens (tertiary/aromatic N) is 3. The zero-order chi connectivity index (χ0) is 15.7. The number of rotatable bonds is 2. The second-order valence-corrected chi connectivity index (χ2v) is 6.32. The Labute approximate surface area is 131 Å². The third-order valence-electron chi connectivity index (χ3n) is 4.72. The van der Waals surface area contributed by atoms with Crippen LogP contribution in [0.15, 0.2) is 24.3 Å². The van der Waals surface area contributed by atoms with E-state index in [1.54, 1.807) is 0 Å². The van der Waals surface area contributed by atoms with Crippen molar-refractivity contribution in [2.45, 2.75) is 38.6 Å². The van der Waals surface area contributed by atoms with Crippen LogP contribution in [0.4, 0.5) is 5.69 Å². The van der Waals surface area contributed by atoms with Crippen LogP contribution in [0, 0.1) is 11.3 Å². The third-order valence-corrected chi connectivity index (χ3v) is 4.72. The summed E-state index contributed by atoms with van der Waals surface area (Å²) >= 11 is 0. The Bertz CT molecular complexity index is 722. The van der Waals surface area contributed by atoms with Gasteiger partial charge < -0.3 is 10.6 Å². The maximum atomic E-state index is 9.55. The molecule has 1 aromatic carbocycles. The number of anilines is 1. The molecule has 2 N–H and O–H groups in total. The first kappa shape index (κ1) is 14.8. The minimum Gasteiger partial charge on any atom is -0.397 e. The molecule has 22 heavy (non-hydrogen) atoms. The molecule has 0 amide bonds. The molecule has 2 aromatic rings. The summed E-state index contributed by atoms with van der Waals surface area (Å²) in [6, 6.07) is 10.7. The predicted octanol–water partition coefficient (Wildman–Crippen LogP) is 3.28. The molecule has 0 radical (unpaired) electrons. The van der Waals surface area contributed by atoms with Crippen LogP contribution in [0.5, 0.6) is 0 Å². The number of para-hydroxylation sites is 1. The van der Waals surface area contributed by atoms with Crippen LogP contribution in [0.25, 0.3) is 10.9 Å². The molecule has 0 bridgehead atoms. The molecule has 0 aliphatic carbocycles. The lowest BCUT2D eigenvalue weighted by molar-refractivity contribution is 0.171. The van der Waals surface area contributed by atoms with Gasteiger partial charge in [-0.2, -0.15) is 5.26 Å². The average Bonchev–Trinajstić information content (AvgIpc) is 2.55. The fourth-order valence-electron chi connectivity index (χ4n) is 3.36. The van der Waals surface area contributed by atoms with Gasteiger partial charge in [-0.1, -0.05) is 18.2 Å². The number of piperidine rings is 1. The van der Waals surface area contributed by atoms with E-state index in [4.69, 9.17) is 10.7 Å². The quantitative estimate of drug-likeness (QED) is 0.923. The van der Waals surface area contributed by atoms with Crippen molar-refractivity contribution >= 4 is 16.6 Å². The number of likely N-dealkylation sites (tertiary alicyclic amines) is 1. The first-order valence-corrected chi connectivity index (χ1v) is 7.94. The summed E-state index contributed by atoms with van der Waals surface area (Å²) in [6.07, 6.45) is 2.08. The van der Waals surface area contributed by atoms with Crippen molar-refractivity contribution in [3.05, 3.63) is 35.5 Å². The van der Waals surface area contributed by atoms with Gasteiger partial charge in [0.15, 0.2) is 0 Å². The van der Waals surface area contributed by atoms with Crippen LogP contribution >= 0.6 is 0 Å². The van der Waals surface area contributed by atoms with Crippen molar-refractivity contribution in [3.63, 3.8) is 0 Å². The first-order chi connectivity index (χ1) is 10.6. The van der Waals surface area contributed by atoms with Crippen LogP contribution in [-0.4, -0.2) is 29.0 Å². The summed E-state index contributed by atoms with van der Waals surface area (Å²) in [5.74, 6) is 0.330. The van der Waals surface area contributed by atoms with Crippen molar-refractivity contribution in [2.24, 2.45) is 0 Å². The Kier molecular flexibility index (Phi) is 4.00. The number of nitrogen functional groups attached to an aromatic ring is 1. The van der Waals surface area contributed by atoms with E-state index in [-0.39, 0.29) is 0 Å². The lowest BCUT2D eigenvalue weighted by Gasteiger charge is -2.34. The molecule has 3 rings (SSSR count). The molecule has 1 aliphatic heterocycles. The van der Waals surface area contributed by atoms with E-state index in [1.807, 2.05) is 24.3 Å². The van der Waals surface area contributed by atoms with Gasteiger partial charge in [-0.15, -0.1) is 0 Å². The molecule has 4 nitrogen and oxygen atoms in total. The van der Waals surface area contributed by atoms with Gasteiger partial charge in [-0.05, 0) is 45.8 Å². The van der Waals surface area contributed by atoms with Gasteiger partial charge >= 0.3 is 0 Å². The van der Waals surface area contributed by atoms with Crippen molar-refractivity contribution in [1.29, 1.82) is 5.26 Å². The summed E-state index contributed by atoms with van der Waals surface area (Å²) in [7, 11) is 0. The second-order valence-electron chi connectivity index (χ2n) is 6.32. The molecule has 0 saturated carbocycles. The third kappa shape index (κ3) is 2.53. The van der Waals surface area contributed by atoms with E-state index < -0.39 is 0 Å². The number of aromatic nitrogens is 1. The molecule has 2 heterocycles. The maximum absolute atomic E-state index is 9.55. The Balaban J connectivity index is 1.99. The van der Waals surface area contributed by atoms with Crippen molar-refractivity contribution in [2.75, 3.05) is 18.8 Å². The van der Waals surface area contributed by atoms with Gasteiger partial charge in [0, 0.05) is 17.3 Å². The molecule has 1 fully saturated rings. The van der Waals surface area contributed by atoms with Crippen LogP contribution in [0.3, 0.4) is 0 Å². The molecule has 0 atom stereocenters. The lowest BCUT2D eigenvalue weighted by atomic mass is 9.89. The predicted molar refractivity (Wildman–Crippen MR) is 89.6 cm³/mol. The summed E-state index contributed by atoms with van der Waals surface area (Å²) in [5.41, 5.74) is 9.17. The molecular weight excluding hydrogens is 272 g/mol. The fraction of sp³-hybridized carbons (Fsp3) is 0.444. The van der Waals surface area contributed by atoms with E-state index in [0.29, 0.717) is 23.2 Å². The van der Waals surface area contributed by atoms with Crippen molar-refractivity contribution in [3.8, 4) is 6.07 Å². The van der Waals surface area contributed by atoms with E-state index in [9.17, 15) is 5.26 Å². The number of fused-ring (bicyclic) bond motifs is 1. The first-order valence-electron chi connectivity index (χ1n) is 7.94. The molecule has 114 valence electrons. The number of hydrogen-bond donors (Lipinski definition) is 1. The Hall–Kier alpha value is -2.12. The molecule has 4 heteroatoms. The highest BCUT2D eigenvalue weighted by atomic mass is 15.1. The van der Waals surface area contributed by atoms with Crippen LogP contribution in [0.2, 0.25) is 0 Å². The van der Waals surface area contributed by atoms with Gasteiger partial charge in [0.1, 0.15) is 6.07 Å². The summed E-state index contributed by atoms with van der Waals surface area (Å²) in [6.45, 7) is 6.57. The summed E-state index contributed by atoms with van der Waals surface area (Å²) in [5, 5.41) is 10.4. The van der Waals surface area contributed by atoms with E-state index in [0.717, 1.165) is 42.5 Å². The highest BCUT2D eigenvalue weighted by Crippen LogP contribution is 2.34. The molecule has 0 spiro atoms. The Morgan fingerprint density at radius 3 is 2.59 bits per heavy atom. The van der Waals surface area contributed by atoms with Gasteiger partial charge in [-0.25, -0.2) is 0 Å². The number of pyridine rings is 1. The highest BCUT2D eigenvalue weighted by molar-refractivity contribution is 5.93. The standard InChI is InChI=1S/C18H22N4/c1-12(2)22-9-7-13(8-10-22)18-15(11-19)17(20)14-5-3-4-6-16(14)21-18/h3-6,12-13H,7-10H2,1-2H3,(H2,20,21). The summed E-state index contributed by atoms with van der Waals surface area (Å²) in [4.78, 5) is 7.26. The topological polar surface area (TPSA) is 65.9 Å². The van der Waals surface area contributed by atoms with E-state index in [1.165, 1.54) is 0 Å². The zero-order valence-corrected chi connectivity index (χ0v) is 13.2. The Morgan fingerprint density at radius 2 is 1.95 bits per heavy atom. The summed E-state index contributed by atoms with van der Waals surface area (Å²) < 4.78 is 0. The van der Waals surface area contributed by atoms with Gasteiger partial charge in [0.2, 0.25) is 0 Å². The maximum Gasteiger partial charge on any atom is 0.103 e. The SMILES string of the molecule is CC(C)N1CCC(c2nc3ccccc3c(N)c2C#N)CC1. The normalized spacial score (nSPS) is 17.0. The Morgan fingerprint density at radius 1 is 1.27 bits per heavy atom. The zero-order valence-electron chi connectivity index (χ0n) is 13.2. The fourth-order valence-corrected chi connectivity index (χ4v) is 3.36.